The lowest BCUT2D eigenvalue weighted by Gasteiger charge is -2.30. The highest BCUT2D eigenvalue weighted by molar-refractivity contribution is 5.95. The summed E-state index contributed by atoms with van der Waals surface area (Å²) in [7, 11) is 0. The van der Waals surface area contributed by atoms with Crippen molar-refractivity contribution in [2.45, 2.75) is 84.5 Å². The first kappa shape index (κ1) is 24.4. The highest BCUT2D eigenvalue weighted by atomic mass is 16.2. The van der Waals surface area contributed by atoms with Crippen LogP contribution in [0.1, 0.15) is 106 Å². The molecule has 2 amide bonds. The Morgan fingerprint density at radius 1 is 1.12 bits per heavy atom. The summed E-state index contributed by atoms with van der Waals surface area (Å²) in [4.78, 5) is 36.6. The molecule has 2 aliphatic rings. The molecular weight excluding hydrogens is 400 g/mol. The second-order valence-corrected chi connectivity index (χ2v) is 9.65. The second-order valence-electron chi connectivity index (χ2n) is 9.65. The van der Waals surface area contributed by atoms with Gasteiger partial charge < -0.3 is 10.2 Å². The van der Waals surface area contributed by atoms with Crippen molar-refractivity contribution in [2.24, 2.45) is 11.8 Å². The molecule has 0 bridgehead atoms. The van der Waals surface area contributed by atoms with Crippen LogP contribution in [0, 0.1) is 11.8 Å². The smallest absolute Gasteiger partial charge is 0.257 e. The van der Waals surface area contributed by atoms with Gasteiger partial charge in [0.2, 0.25) is 5.91 Å². The van der Waals surface area contributed by atoms with Crippen molar-refractivity contribution in [1.82, 2.24) is 20.2 Å². The zero-order valence-electron chi connectivity index (χ0n) is 20.3. The summed E-state index contributed by atoms with van der Waals surface area (Å²) >= 11 is 0. The van der Waals surface area contributed by atoms with E-state index >= 15 is 0 Å². The van der Waals surface area contributed by atoms with E-state index in [1.165, 1.54) is 0 Å². The average Bonchev–Trinajstić information content (AvgIpc) is 3.31. The Balaban J connectivity index is 1.61. The molecule has 2 aliphatic carbocycles. The maximum atomic E-state index is 13.1. The van der Waals surface area contributed by atoms with Crippen LogP contribution in [0.2, 0.25) is 0 Å². The van der Waals surface area contributed by atoms with Crippen LogP contribution in [0.5, 0.6) is 0 Å². The maximum absolute atomic E-state index is 13.1. The largest absolute Gasteiger partial charge is 0.356 e. The third kappa shape index (κ3) is 6.17. The van der Waals surface area contributed by atoms with Crippen molar-refractivity contribution in [3.63, 3.8) is 0 Å². The van der Waals surface area contributed by atoms with Crippen molar-refractivity contribution in [1.29, 1.82) is 0 Å². The van der Waals surface area contributed by atoms with E-state index in [1.807, 2.05) is 18.7 Å². The Morgan fingerprint density at radius 2 is 1.84 bits per heavy atom. The van der Waals surface area contributed by atoms with Gasteiger partial charge in [-0.05, 0) is 64.2 Å². The van der Waals surface area contributed by atoms with Gasteiger partial charge >= 0.3 is 0 Å². The predicted octanol–water partition coefficient (Wildman–Crippen LogP) is 4.83. The van der Waals surface area contributed by atoms with E-state index in [0.29, 0.717) is 36.9 Å². The van der Waals surface area contributed by atoms with E-state index in [4.69, 9.17) is 4.98 Å². The van der Waals surface area contributed by atoms with Gasteiger partial charge in [-0.3, -0.25) is 9.59 Å². The molecule has 0 aliphatic heterocycles. The number of amides is 2. The van der Waals surface area contributed by atoms with Crippen molar-refractivity contribution < 1.29 is 9.59 Å². The molecule has 3 rings (SSSR count). The van der Waals surface area contributed by atoms with Crippen molar-refractivity contribution in [2.75, 3.05) is 19.6 Å². The van der Waals surface area contributed by atoms with Crippen LogP contribution in [-0.4, -0.2) is 46.3 Å². The van der Waals surface area contributed by atoms with Gasteiger partial charge in [-0.25, -0.2) is 9.97 Å². The molecule has 1 fully saturated rings. The summed E-state index contributed by atoms with van der Waals surface area (Å²) in [6.45, 7) is 10.3. The van der Waals surface area contributed by atoms with Crippen LogP contribution in [0.3, 0.4) is 0 Å². The van der Waals surface area contributed by atoms with E-state index in [1.54, 1.807) is 6.20 Å². The molecule has 0 aromatic carbocycles. The number of carbonyl (C=O) groups excluding carboxylic acids is 2. The second kappa shape index (κ2) is 11.6. The predicted molar refractivity (Wildman–Crippen MR) is 128 cm³/mol. The number of rotatable bonds is 9. The lowest BCUT2D eigenvalue weighted by Crippen LogP contribution is -2.33. The summed E-state index contributed by atoms with van der Waals surface area (Å²) in [5.41, 5.74) is 1.59. The van der Waals surface area contributed by atoms with E-state index in [2.05, 4.69) is 36.3 Å². The molecule has 1 heterocycles. The summed E-state index contributed by atoms with van der Waals surface area (Å²) in [5.74, 6) is 2.45. The molecule has 6 nitrogen and oxygen atoms in total. The van der Waals surface area contributed by atoms with Gasteiger partial charge in [0.25, 0.3) is 5.91 Å². The molecule has 176 valence electrons. The molecule has 1 atom stereocenters. The molecule has 1 aromatic rings. The van der Waals surface area contributed by atoms with Crippen molar-refractivity contribution in [3.05, 3.63) is 35.4 Å². The van der Waals surface area contributed by atoms with Crippen LogP contribution in [0.4, 0.5) is 0 Å². The minimum atomic E-state index is 0.0376. The first-order valence-corrected chi connectivity index (χ1v) is 12.5. The van der Waals surface area contributed by atoms with Gasteiger partial charge in [-0.2, -0.15) is 0 Å². The molecular formula is C26H40N4O2. The lowest BCUT2D eigenvalue weighted by molar-refractivity contribution is -0.121. The first-order chi connectivity index (χ1) is 15.4. The quantitative estimate of drug-likeness (QED) is 0.558. The fourth-order valence-electron chi connectivity index (χ4n) is 4.92. The maximum Gasteiger partial charge on any atom is 0.257 e. The summed E-state index contributed by atoms with van der Waals surface area (Å²) < 4.78 is 0. The molecule has 1 N–H and O–H groups in total. The van der Waals surface area contributed by atoms with Crippen LogP contribution < -0.4 is 5.32 Å². The number of hydrogen-bond donors (Lipinski definition) is 1. The summed E-state index contributed by atoms with van der Waals surface area (Å²) in [6.07, 6.45) is 13.0. The van der Waals surface area contributed by atoms with E-state index in [9.17, 15) is 9.59 Å². The van der Waals surface area contributed by atoms with Crippen LogP contribution in [0.15, 0.2) is 18.3 Å². The van der Waals surface area contributed by atoms with Gasteiger partial charge in [0.05, 0.1) is 11.3 Å². The zero-order chi connectivity index (χ0) is 23.1. The number of aromatic nitrogens is 2. The van der Waals surface area contributed by atoms with Gasteiger partial charge in [-0.15, -0.1) is 0 Å². The third-order valence-corrected chi connectivity index (χ3v) is 7.02. The number of nitrogens with one attached hydrogen (secondary N) is 1. The highest BCUT2D eigenvalue weighted by Gasteiger charge is 2.29. The van der Waals surface area contributed by atoms with Crippen molar-refractivity contribution in [3.8, 4) is 0 Å². The lowest BCUT2D eigenvalue weighted by atomic mass is 9.79. The van der Waals surface area contributed by atoms with E-state index in [0.717, 1.165) is 56.6 Å². The Hall–Kier alpha value is -2.24. The Bertz CT molecular complexity index is 808. The average molecular weight is 441 g/mol. The fraction of sp³-hybridized carbons (Fsp3) is 0.692. The van der Waals surface area contributed by atoms with Crippen LogP contribution >= 0.6 is 0 Å². The number of hydrogen-bond acceptors (Lipinski definition) is 4. The highest BCUT2D eigenvalue weighted by Crippen LogP contribution is 2.36. The number of nitrogens with zero attached hydrogens (tertiary/aromatic N) is 3. The van der Waals surface area contributed by atoms with Crippen LogP contribution in [0.25, 0.3) is 0 Å². The normalized spacial score (nSPS) is 22.8. The van der Waals surface area contributed by atoms with E-state index < -0.39 is 0 Å². The number of allylic oxidation sites excluding steroid dienone is 2. The minimum Gasteiger partial charge on any atom is -0.356 e. The standard InChI is InChI=1S/C26H40N4O2/c1-5-30(6-2)26(32)22-17-28-25(18(3)4)29-24(22)21-13-11-20(12-14-21)16-27-23(31)15-19-9-7-8-10-19/h7,9,17-21H,5-6,8,10-16H2,1-4H3,(H,27,31)/t19-,20?,21?/m0/s1. The molecule has 0 saturated heterocycles. The third-order valence-electron chi connectivity index (χ3n) is 7.02. The first-order valence-electron chi connectivity index (χ1n) is 12.5. The topological polar surface area (TPSA) is 75.2 Å². The monoisotopic (exact) mass is 440 g/mol. The summed E-state index contributed by atoms with van der Waals surface area (Å²) in [5, 5.41) is 3.16. The molecule has 1 saturated carbocycles. The molecule has 0 unspecified atom stereocenters. The Labute approximate surface area is 193 Å². The van der Waals surface area contributed by atoms with Gasteiger partial charge in [0.15, 0.2) is 0 Å². The minimum absolute atomic E-state index is 0.0376. The van der Waals surface area contributed by atoms with Crippen molar-refractivity contribution >= 4 is 11.8 Å². The Morgan fingerprint density at radius 3 is 2.44 bits per heavy atom. The van der Waals surface area contributed by atoms with E-state index in [-0.39, 0.29) is 23.7 Å². The van der Waals surface area contributed by atoms with Gasteiger partial charge in [-0.1, -0.05) is 26.0 Å². The molecule has 6 heteroatoms. The summed E-state index contributed by atoms with van der Waals surface area (Å²) in [6, 6.07) is 0. The molecule has 0 spiro atoms. The number of carbonyl (C=O) groups is 2. The van der Waals surface area contributed by atoms with Gasteiger partial charge in [0, 0.05) is 44.1 Å². The van der Waals surface area contributed by atoms with Gasteiger partial charge in [0.1, 0.15) is 5.82 Å². The van der Waals surface area contributed by atoms with Crippen LogP contribution in [-0.2, 0) is 4.79 Å². The Kier molecular flexibility index (Phi) is 8.83. The SMILES string of the molecule is CCN(CC)C(=O)c1cnc(C(C)C)nc1C1CCC(CNC(=O)C[C@H]2C=CCC2)CC1. The molecule has 1 aromatic heterocycles. The zero-order valence-corrected chi connectivity index (χ0v) is 20.3. The fourth-order valence-corrected chi connectivity index (χ4v) is 4.92. The molecule has 0 radical (unpaired) electrons. The molecule has 32 heavy (non-hydrogen) atoms.